The molecule has 0 bridgehead atoms. The molecule has 0 spiro atoms. The summed E-state index contributed by atoms with van der Waals surface area (Å²) in [4.78, 5) is 11.2. The summed E-state index contributed by atoms with van der Waals surface area (Å²) >= 11 is 0. The van der Waals surface area contributed by atoms with Crippen LogP contribution >= 0.6 is 0 Å². The number of furan rings is 1. The summed E-state index contributed by atoms with van der Waals surface area (Å²) in [6.45, 7) is 3.38. The van der Waals surface area contributed by atoms with Crippen molar-refractivity contribution in [2.75, 3.05) is 45.3 Å². The first-order chi connectivity index (χ1) is 15.7. The summed E-state index contributed by atoms with van der Waals surface area (Å²) in [5.41, 5.74) is 2.87. The van der Waals surface area contributed by atoms with E-state index in [1.165, 1.54) is 18.5 Å². The van der Waals surface area contributed by atoms with E-state index in [0.29, 0.717) is 23.0 Å². The Morgan fingerprint density at radius 1 is 0.938 bits per heavy atom. The number of halogens is 1. The van der Waals surface area contributed by atoms with Gasteiger partial charge >= 0.3 is 0 Å². The lowest BCUT2D eigenvalue weighted by atomic mass is 9.98. The molecule has 1 aliphatic rings. The Balaban J connectivity index is 1.80. The smallest absolute Gasteiger partial charge is 0.232 e. The van der Waals surface area contributed by atoms with Gasteiger partial charge in [-0.15, -0.1) is 0 Å². The number of rotatable bonds is 5. The van der Waals surface area contributed by atoms with Crippen molar-refractivity contribution in [3.05, 3.63) is 54.6 Å². The van der Waals surface area contributed by atoms with Gasteiger partial charge in [-0.2, -0.15) is 0 Å². The number of methoxy groups -OCH3 is 2. The zero-order valence-electron chi connectivity index (χ0n) is 17.9. The minimum absolute atomic E-state index is 0.301. The predicted octanol–water partition coefficient (Wildman–Crippen LogP) is 4.12. The SMILES string of the molecule is COc1cc(OC)cc(-c2oc3ncnc(N4CCNCC4)c3c2-c2ccc(F)cc2)c1. The van der Waals surface area contributed by atoms with Gasteiger partial charge in [-0.05, 0) is 29.8 Å². The van der Waals surface area contributed by atoms with E-state index in [1.54, 1.807) is 32.4 Å². The molecule has 1 fully saturated rings. The second kappa shape index (κ2) is 8.47. The van der Waals surface area contributed by atoms with E-state index in [0.717, 1.165) is 54.1 Å². The van der Waals surface area contributed by atoms with E-state index in [1.807, 2.05) is 12.1 Å². The highest BCUT2D eigenvalue weighted by Crippen LogP contribution is 2.44. The number of anilines is 1. The quantitative estimate of drug-likeness (QED) is 0.507. The maximum atomic E-state index is 13.7. The minimum Gasteiger partial charge on any atom is -0.497 e. The molecular weight excluding hydrogens is 411 g/mol. The van der Waals surface area contributed by atoms with Crippen LogP contribution in [0.5, 0.6) is 11.5 Å². The van der Waals surface area contributed by atoms with Crippen LogP contribution in [-0.4, -0.2) is 50.4 Å². The Labute approximate surface area is 184 Å². The number of fused-ring (bicyclic) bond motifs is 1. The van der Waals surface area contributed by atoms with Crippen molar-refractivity contribution in [3.63, 3.8) is 0 Å². The summed E-state index contributed by atoms with van der Waals surface area (Å²) in [7, 11) is 3.21. The van der Waals surface area contributed by atoms with Gasteiger partial charge in [0.25, 0.3) is 0 Å². The van der Waals surface area contributed by atoms with E-state index >= 15 is 0 Å². The molecule has 0 amide bonds. The fraction of sp³-hybridized carbons (Fsp3) is 0.250. The molecule has 0 atom stereocenters. The lowest BCUT2D eigenvalue weighted by Crippen LogP contribution is -2.44. The molecule has 2 aromatic heterocycles. The normalized spacial score (nSPS) is 14.0. The van der Waals surface area contributed by atoms with Crippen molar-refractivity contribution in [1.82, 2.24) is 15.3 Å². The lowest BCUT2D eigenvalue weighted by Gasteiger charge is -2.28. The molecule has 7 nitrogen and oxygen atoms in total. The number of hydrogen-bond acceptors (Lipinski definition) is 7. The van der Waals surface area contributed by atoms with Gasteiger partial charge in [0.15, 0.2) is 0 Å². The average Bonchev–Trinajstić information content (AvgIpc) is 3.24. The molecule has 0 saturated carbocycles. The van der Waals surface area contributed by atoms with Crippen molar-refractivity contribution >= 4 is 16.9 Å². The van der Waals surface area contributed by atoms with Crippen molar-refractivity contribution in [1.29, 1.82) is 0 Å². The highest BCUT2D eigenvalue weighted by atomic mass is 19.1. The molecule has 3 heterocycles. The van der Waals surface area contributed by atoms with Crippen LogP contribution in [0.2, 0.25) is 0 Å². The van der Waals surface area contributed by atoms with Crippen molar-refractivity contribution in [3.8, 4) is 33.9 Å². The van der Waals surface area contributed by atoms with Gasteiger partial charge in [0.2, 0.25) is 5.71 Å². The molecule has 8 heteroatoms. The summed E-state index contributed by atoms with van der Waals surface area (Å²) in [5.74, 6) is 2.38. The van der Waals surface area contributed by atoms with E-state index in [2.05, 4.69) is 20.2 Å². The van der Waals surface area contributed by atoms with Crippen molar-refractivity contribution in [2.24, 2.45) is 0 Å². The number of ether oxygens (including phenoxy) is 2. The van der Waals surface area contributed by atoms with Crippen LogP contribution in [-0.2, 0) is 0 Å². The van der Waals surface area contributed by atoms with Gasteiger partial charge in [-0.25, -0.2) is 14.4 Å². The fourth-order valence-electron chi connectivity index (χ4n) is 4.07. The topological polar surface area (TPSA) is 72.7 Å². The molecule has 0 aliphatic carbocycles. The van der Waals surface area contributed by atoms with E-state index in [-0.39, 0.29) is 5.82 Å². The second-order valence-electron chi connectivity index (χ2n) is 7.53. The second-order valence-corrected chi connectivity index (χ2v) is 7.53. The molecule has 5 rings (SSSR count). The van der Waals surface area contributed by atoms with Crippen LogP contribution in [0, 0.1) is 5.82 Å². The van der Waals surface area contributed by atoms with Gasteiger partial charge in [0, 0.05) is 43.4 Å². The Morgan fingerprint density at radius 3 is 2.28 bits per heavy atom. The maximum absolute atomic E-state index is 13.7. The molecule has 0 unspecified atom stereocenters. The zero-order chi connectivity index (χ0) is 22.1. The average molecular weight is 434 g/mol. The van der Waals surface area contributed by atoms with E-state index in [9.17, 15) is 4.39 Å². The summed E-state index contributed by atoms with van der Waals surface area (Å²) in [6.07, 6.45) is 1.52. The van der Waals surface area contributed by atoms with Crippen LogP contribution < -0.4 is 19.7 Å². The number of benzene rings is 2. The largest absolute Gasteiger partial charge is 0.497 e. The van der Waals surface area contributed by atoms with E-state index in [4.69, 9.17) is 13.9 Å². The minimum atomic E-state index is -0.301. The monoisotopic (exact) mass is 434 g/mol. The third-order valence-corrected chi connectivity index (χ3v) is 5.63. The van der Waals surface area contributed by atoms with Gasteiger partial charge in [-0.3, -0.25) is 0 Å². The van der Waals surface area contributed by atoms with Crippen molar-refractivity contribution < 1.29 is 18.3 Å². The molecule has 0 radical (unpaired) electrons. The van der Waals surface area contributed by atoms with Crippen LogP contribution in [0.4, 0.5) is 10.2 Å². The highest BCUT2D eigenvalue weighted by molar-refractivity contribution is 6.06. The fourth-order valence-corrected chi connectivity index (χ4v) is 4.07. The zero-order valence-corrected chi connectivity index (χ0v) is 17.9. The molecule has 1 N–H and O–H groups in total. The predicted molar refractivity (Wildman–Crippen MR) is 121 cm³/mol. The van der Waals surface area contributed by atoms with Gasteiger partial charge in [0.1, 0.15) is 35.2 Å². The van der Waals surface area contributed by atoms with Gasteiger partial charge < -0.3 is 24.1 Å². The first kappa shape index (κ1) is 20.3. The van der Waals surface area contributed by atoms with Crippen LogP contribution in [0.1, 0.15) is 0 Å². The first-order valence-corrected chi connectivity index (χ1v) is 10.4. The van der Waals surface area contributed by atoms with Crippen molar-refractivity contribution in [2.45, 2.75) is 0 Å². The molecule has 32 heavy (non-hydrogen) atoms. The molecule has 1 aliphatic heterocycles. The number of aromatic nitrogens is 2. The lowest BCUT2D eigenvalue weighted by molar-refractivity contribution is 0.394. The van der Waals surface area contributed by atoms with Crippen LogP contribution in [0.3, 0.4) is 0 Å². The number of nitrogens with one attached hydrogen (secondary N) is 1. The molecule has 164 valence electrons. The van der Waals surface area contributed by atoms with Gasteiger partial charge in [-0.1, -0.05) is 12.1 Å². The van der Waals surface area contributed by atoms with E-state index < -0.39 is 0 Å². The Morgan fingerprint density at radius 2 is 1.62 bits per heavy atom. The summed E-state index contributed by atoms with van der Waals surface area (Å²) in [6, 6.07) is 11.9. The number of hydrogen-bond donors (Lipinski definition) is 1. The number of nitrogens with zero attached hydrogens (tertiary/aromatic N) is 3. The maximum Gasteiger partial charge on any atom is 0.232 e. The molecule has 2 aromatic carbocycles. The molecular formula is C24H23FN4O3. The Kier molecular flexibility index (Phi) is 5.36. The number of piperazine rings is 1. The summed E-state index contributed by atoms with van der Waals surface area (Å²) in [5, 5.41) is 4.17. The third kappa shape index (κ3) is 3.62. The highest BCUT2D eigenvalue weighted by Gasteiger charge is 2.26. The third-order valence-electron chi connectivity index (χ3n) is 5.63. The molecule has 4 aromatic rings. The first-order valence-electron chi connectivity index (χ1n) is 10.4. The Hall–Kier alpha value is -3.65. The molecule has 1 saturated heterocycles. The summed E-state index contributed by atoms with van der Waals surface area (Å²) < 4.78 is 31.0. The van der Waals surface area contributed by atoms with Crippen LogP contribution in [0.25, 0.3) is 33.6 Å². The standard InChI is InChI=1S/C24H23FN4O3/c1-30-18-11-16(12-19(13-18)31-2)22-20(15-3-5-17(25)6-4-15)21-23(27-14-28-24(21)32-22)29-9-7-26-8-10-29/h3-6,11-14,26H,7-10H2,1-2H3. The van der Waals surface area contributed by atoms with Crippen LogP contribution in [0.15, 0.2) is 53.2 Å². The van der Waals surface area contributed by atoms with Gasteiger partial charge in [0.05, 0.1) is 19.6 Å². The Bertz CT molecular complexity index is 1230.